The third-order valence-corrected chi connectivity index (χ3v) is 5.10. The largest absolute Gasteiger partial charge is 0.383 e. The Bertz CT molecular complexity index is 494. The van der Waals surface area contributed by atoms with Gasteiger partial charge in [-0.2, -0.15) is 0 Å². The Kier molecular flexibility index (Phi) is 4.14. The fourth-order valence-electron chi connectivity index (χ4n) is 2.72. The Morgan fingerprint density at radius 3 is 2.65 bits per heavy atom. The van der Waals surface area contributed by atoms with Crippen LogP contribution < -0.4 is 5.73 Å². The molecule has 2 aliphatic rings. The van der Waals surface area contributed by atoms with Crippen LogP contribution in [0, 0.1) is 3.57 Å². The number of nitrogen functional groups attached to an aromatic ring is 1. The number of aromatic nitrogens is 2. The van der Waals surface area contributed by atoms with Crippen molar-refractivity contribution in [2.24, 2.45) is 0 Å². The summed E-state index contributed by atoms with van der Waals surface area (Å²) >= 11 is 2.26. The molecule has 110 valence electrons. The van der Waals surface area contributed by atoms with E-state index in [2.05, 4.69) is 27.6 Å². The number of hydrogen-bond donors (Lipinski definition) is 1. The monoisotopic (exact) mass is 389 g/mol. The Balaban J connectivity index is 2.02. The maximum absolute atomic E-state index is 6.10. The highest BCUT2D eigenvalue weighted by Crippen LogP contribution is 2.43. The molecule has 1 aromatic rings. The van der Waals surface area contributed by atoms with Gasteiger partial charge in [-0.3, -0.25) is 0 Å². The normalized spacial score (nSPS) is 21.9. The highest BCUT2D eigenvalue weighted by Gasteiger charge is 2.40. The first-order valence-corrected chi connectivity index (χ1v) is 8.29. The molecule has 0 amide bonds. The van der Waals surface area contributed by atoms with Crippen LogP contribution in [0.25, 0.3) is 0 Å². The van der Waals surface area contributed by atoms with Crippen molar-refractivity contribution in [2.45, 2.75) is 44.1 Å². The van der Waals surface area contributed by atoms with Gasteiger partial charge in [0.2, 0.25) is 0 Å². The molecule has 0 bridgehead atoms. The van der Waals surface area contributed by atoms with Crippen LogP contribution in [0.4, 0.5) is 5.82 Å². The number of halogens is 1. The zero-order valence-electron chi connectivity index (χ0n) is 11.7. The van der Waals surface area contributed by atoms with E-state index >= 15 is 0 Å². The van der Waals surface area contributed by atoms with Crippen molar-refractivity contribution in [1.82, 2.24) is 9.97 Å². The van der Waals surface area contributed by atoms with E-state index < -0.39 is 5.60 Å². The van der Waals surface area contributed by atoms with Crippen molar-refractivity contribution in [3.05, 3.63) is 15.1 Å². The summed E-state index contributed by atoms with van der Waals surface area (Å²) in [6.45, 7) is 4.03. The van der Waals surface area contributed by atoms with Gasteiger partial charge in [0.1, 0.15) is 11.4 Å². The van der Waals surface area contributed by atoms with E-state index in [4.69, 9.17) is 20.2 Å². The standard InChI is InChI=1S/C14H20IN3O2/c1-2-20-14(5-7-19-8-6-14)13-17-11(9-3-4-9)10(15)12(16)18-13/h9H,2-8H2,1H3,(H2,16,17,18). The van der Waals surface area contributed by atoms with Crippen LogP contribution in [0.3, 0.4) is 0 Å². The Morgan fingerprint density at radius 1 is 1.35 bits per heavy atom. The summed E-state index contributed by atoms with van der Waals surface area (Å²) < 4.78 is 12.5. The molecule has 2 N–H and O–H groups in total. The topological polar surface area (TPSA) is 70.3 Å². The summed E-state index contributed by atoms with van der Waals surface area (Å²) in [7, 11) is 0. The molecule has 0 spiro atoms. The third-order valence-electron chi connectivity index (χ3n) is 4.00. The number of nitrogens with zero attached hydrogens (tertiary/aromatic N) is 2. The summed E-state index contributed by atoms with van der Waals surface area (Å²) in [5, 5.41) is 0. The highest BCUT2D eigenvalue weighted by atomic mass is 127. The van der Waals surface area contributed by atoms with Gasteiger partial charge in [-0.15, -0.1) is 0 Å². The Hall–Kier alpha value is -0.470. The minimum atomic E-state index is -0.422. The number of anilines is 1. The van der Waals surface area contributed by atoms with E-state index in [1.807, 2.05) is 6.92 Å². The lowest BCUT2D eigenvalue weighted by Crippen LogP contribution is -2.39. The molecule has 0 unspecified atom stereocenters. The molecule has 1 saturated heterocycles. The zero-order chi connectivity index (χ0) is 14.2. The van der Waals surface area contributed by atoms with Gasteiger partial charge in [0.05, 0.1) is 9.26 Å². The molecule has 1 aliphatic heterocycles. The maximum Gasteiger partial charge on any atom is 0.163 e. The quantitative estimate of drug-likeness (QED) is 0.802. The van der Waals surface area contributed by atoms with Crippen molar-refractivity contribution in [1.29, 1.82) is 0 Å². The van der Waals surface area contributed by atoms with Gasteiger partial charge >= 0.3 is 0 Å². The molecule has 0 aromatic carbocycles. The Labute approximate surface area is 132 Å². The van der Waals surface area contributed by atoms with Gasteiger partial charge in [-0.1, -0.05) is 0 Å². The van der Waals surface area contributed by atoms with Crippen LogP contribution in [-0.4, -0.2) is 29.8 Å². The molecule has 2 heterocycles. The van der Waals surface area contributed by atoms with E-state index in [0.29, 0.717) is 31.6 Å². The predicted octanol–water partition coefficient (Wildman–Crippen LogP) is 2.58. The average molecular weight is 389 g/mol. The molecule has 1 aromatic heterocycles. The molecule has 6 heteroatoms. The first-order valence-electron chi connectivity index (χ1n) is 7.21. The minimum Gasteiger partial charge on any atom is -0.383 e. The third kappa shape index (κ3) is 2.65. The van der Waals surface area contributed by atoms with Crippen LogP contribution >= 0.6 is 22.6 Å². The second kappa shape index (κ2) is 5.73. The fourth-order valence-corrected chi connectivity index (χ4v) is 3.41. The number of hydrogen-bond acceptors (Lipinski definition) is 5. The minimum absolute atomic E-state index is 0.422. The van der Waals surface area contributed by atoms with E-state index in [-0.39, 0.29) is 0 Å². The van der Waals surface area contributed by atoms with Crippen molar-refractivity contribution in [3.8, 4) is 0 Å². The first-order chi connectivity index (χ1) is 9.66. The Morgan fingerprint density at radius 2 is 2.05 bits per heavy atom. The highest BCUT2D eigenvalue weighted by molar-refractivity contribution is 14.1. The van der Waals surface area contributed by atoms with Gasteiger partial charge < -0.3 is 15.2 Å². The second-order valence-corrected chi connectivity index (χ2v) is 6.52. The predicted molar refractivity (Wildman–Crippen MR) is 84.5 cm³/mol. The van der Waals surface area contributed by atoms with Gasteiger partial charge in [0.15, 0.2) is 5.82 Å². The van der Waals surface area contributed by atoms with Crippen LogP contribution in [0.15, 0.2) is 0 Å². The zero-order valence-corrected chi connectivity index (χ0v) is 13.9. The number of rotatable bonds is 4. The lowest BCUT2D eigenvalue weighted by atomic mass is 9.92. The van der Waals surface area contributed by atoms with Crippen LogP contribution in [0.2, 0.25) is 0 Å². The summed E-state index contributed by atoms with van der Waals surface area (Å²) in [4.78, 5) is 9.37. The molecule has 2 fully saturated rings. The lowest BCUT2D eigenvalue weighted by molar-refractivity contribution is -0.117. The van der Waals surface area contributed by atoms with Crippen LogP contribution in [-0.2, 0) is 15.1 Å². The van der Waals surface area contributed by atoms with Gasteiger partial charge in [-0.25, -0.2) is 9.97 Å². The maximum atomic E-state index is 6.10. The molecular weight excluding hydrogens is 369 g/mol. The van der Waals surface area contributed by atoms with E-state index in [9.17, 15) is 0 Å². The van der Waals surface area contributed by atoms with E-state index in [1.165, 1.54) is 12.8 Å². The second-order valence-electron chi connectivity index (χ2n) is 5.45. The number of ether oxygens (including phenoxy) is 2. The smallest absolute Gasteiger partial charge is 0.163 e. The molecule has 1 aliphatic carbocycles. The SMILES string of the molecule is CCOC1(c2nc(N)c(I)c(C3CC3)n2)CCOCC1. The van der Waals surface area contributed by atoms with Crippen molar-refractivity contribution >= 4 is 28.4 Å². The molecule has 3 rings (SSSR count). The van der Waals surface area contributed by atoms with Gasteiger partial charge in [-0.05, 0) is 42.4 Å². The van der Waals surface area contributed by atoms with Crippen molar-refractivity contribution in [3.63, 3.8) is 0 Å². The van der Waals surface area contributed by atoms with Gasteiger partial charge in [0, 0.05) is 38.6 Å². The van der Waals surface area contributed by atoms with Crippen molar-refractivity contribution < 1.29 is 9.47 Å². The molecular formula is C14H20IN3O2. The molecule has 0 atom stereocenters. The fraction of sp³-hybridized carbons (Fsp3) is 0.714. The van der Waals surface area contributed by atoms with Crippen molar-refractivity contribution in [2.75, 3.05) is 25.6 Å². The first kappa shape index (κ1) is 14.5. The summed E-state index contributed by atoms with van der Waals surface area (Å²) in [6.07, 6.45) is 4.00. The summed E-state index contributed by atoms with van der Waals surface area (Å²) in [5.41, 5.74) is 6.79. The lowest BCUT2D eigenvalue weighted by Gasteiger charge is -2.35. The molecule has 1 saturated carbocycles. The van der Waals surface area contributed by atoms with E-state index in [0.717, 1.165) is 27.9 Å². The van der Waals surface area contributed by atoms with E-state index in [1.54, 1.807) is 0 Å². The molecule has 20 heavy (non-hydrogen) atoms. The average Bonchev–Trinajstić information content (AvgIpc) is 3.27. The summed E-state index contributed by atoms with van der Waals surface area (Å²) in [6, 6.07) is 0. The molecule has 5 nitrogen and oxygen atoms in total. The van der Waals surface area contributed by atoms with Crippen LogP contribution in [0.5, 0.6) is 0 Å². The number of nitrogens with two attached hydrogens (primary N) is 1. The summed E-state index contributed by atoms with van der Waals surface area (Å²) in [5.74, 6) is 1.90. The molecule has 0 radical (unpaired) electrons. The van der Waals surface area contributed by atoms with Crippen LogP contribution in [0.1, 0.15) is 50.0 Å². The van der Waals surface area contributed by atoms with Gasteiger partial charge in [0.25, 0.3) is 0 Å².